The lowest BCUT2D eigenvalue weighted by Crippen LogP contribution is -2.70. The van der Waals surface area contributed by atoms with Gasteiger partial charge < -0.3 is 10.1 Å². The molecule has 184 valence electrons. The monoisotopic (exact) mass is 493 g/mol. The molecule has 0 radical (unpaired) electrons. The number of anilines is 1. The maximum absolute atomic E-state index is 13.2. The molecule has 0 spiro atoms. The zero-order valence-corrected chi connectivity index (χ0v) is 19.9. The second kappa shape index (κ2) is 7.95. The highest BCUT2D eigenvalue weighted by atomic mass is 19.4. The van der Waals surface area contributed by atoms with Gasteiger partial charge in [0.2, 0.25) is 11.8 Å². The standard InChI is InChI=1S/C25H22F3N7O/c1-14-7-17(5-4-6-29)8-15(2)19(14)36-21-18-16(3)35(13-25(26,27)28)34-20(18)31-22(32-21)33-24-9-23(10-24,11-24)12-30/h4-5,7-8H,9-11,13H2,1-3H3,(H,31,33,34)/b5-4+. The third kappa shape index (κ3) is 4.01. The van der Waals surface area contributed by atoms with Gasteiger partial charge in [-0.15, -0.1) is 0 Å². The number of halogens is 3. The Labute approximate surface area is 205 Å². The fourth-order valence-corrected chi connectivity index (χ4v) is 5.34. The van der Waals surface area contributed by atoms with Crippen molar-refractivity contribution in [1.82, 2.24) is 19.7 Å². The fourth-order valence-electron chi connectivity index (χ4n) is 5.34. The van der Waals surface area contributed by atoms with Gasteiger partial charge in [0.25, 0.3) is 0 Å². The first-order valence-electron chi connectivity index (χ1n) is 11.3. The van der Waals surface area contributed by atoms with Gasteiger partial charge in [-0.2, -0.15) is 38.8 Å². The number of hydrogen-bond donors (Lipinski definition) is 1. The van der Waals surface area contributed by atoms with Gasteiger partial charge in [-0.3, -0.25) is 4.68 Å². The predicted molar refractivity (Wildman–Crippen MR) is 125 cm³/mol. The van der Waals surface area contributed by atoms with E-state index >= 15 is 0 Å². The SMILES string of the molecule is Cc1cc(/C=C/C#N)cc(C)c1Oc1nc(NC23CC(C#N)(C2)C3)nc2nn(CC(F)(F)F)c(C)c12. The van der Waals surface area contributed by atoms with Crippen LogP contribution < -0.4 is 10.1 Å². The van der Waals surface area contributed by atoms with Crippen LogP contribution in [-0.2, 0) is 6.54 Å². The molecule has 11 heteroatoms. The summed E-state index contributed by atoms with van der Waals surface area (Å²) in [5.74, 6) is 0.804. The number of aryl methyl sites for hydroxylation is 3. The van der Waals surface area contributed by atoms with E-state index < -0.39 is 12.7 Å². The molecule has 1 N–H and O–H groups in total. The lowest BCUT2D eigenvalue weighted by Gasteiger charge is -2.66. The van der Waals surface area contributed by atoms with Crippen LogP contribution in [0.1, 0.15) is 41.6 Å². The minimum atomic E-state index is -4.46. The molecule has 3 fully saturated rings. The average Bonchev–Trinajstić information content (AvgIpc) is 3.04. The molecule has 0 atom stereocenters. The second-order valence-corrected chi connectivity index (χ2v) is 9.79. The first-order valence-corrected chi connectivity index (χ1v) is 11.3. The van der Waals surface area contributed by atoms with Crippen LogP contribution >= 0.6 is 0 Å². The first kappa shape index (κ1) is 23.6. The largest absolute Gasteiger partial charge is 0.437 e. The summed E-state index contributed by atoms with van der Waals surface area (Å²) in [5.41, 5.74) is 2.10. The quantitative estimate of drug-likeness (QED) is 0.451. The zero-order valence-electron chi connectivity index (χ0n) is 19.9. The maximum Gasteiger partial charge on any atom is 0.408 e. The number of rotatable bonds is 6. The van der Waals surface area contributed by atoms with Crippen molar-refractivity contribution < 1.29 is 17.9 Å². The molecule has 2 aromatic heterocycles. The molecule has 8 nitrogen and oxygen atoms in total. The number of aromatic nitrogens is 4. The van der Waals surface area contributed by atoms with E-state index in [4.69, 9.17) is 10.00 Å². The number of nitrogens with zero attached hydrogens (tertiary/aromatic N) is 6. The van der Waals surface area contributed by atoms with E-state index in [9.17, 15) is 18.4 Å². The van der Waals surface area contributed by atoms with E-state index in [-0.39, 0.29) is 34.1 Å². The molecule has 3 saturated carbocycles. The molecular weight excluding hydrogens is 471 g/mol. The van der Waals surface area contributed by atoms with Crippen LogP contribution in [0.25, 0.3) is 17.1 Å². The molecule has 0 aliphatic heterocycles. The summed E-state index contributed by atoms with van der Waals surface area (Å²) in [6.45, 7) is 3.95. The van der Waals surface area contributed by atoms with Crippen molar-refractivity contribution in [2.75, 3.05) is 5.32 Å². The van der Waals surface area contributed by atoms with Crippen molar-refractivity contribution in [3.63, 3.8) is 0 Å². The van der Waals surface area contributed by atoms with E-state index in [2.05, 4.69) is 26.5 Å². The smallest absolute Gasteiger partial charge is 0.408 e. The van der Waals surface area contributed by atoms with Gasteiger partial charge in [0.1, 0.15) is 17.7 Å². The van der Waals surface area contributed by atoms with Crippen LogP contribution in [0.5, 0.6) is 11.6 Å². The van der Waals surface area contributed by atoms with Crippen molar-refractivity contribution >= 4 is 23.1 Å². The van der Waals surface area contributed by atoms with Gasteiger partial charge in [-0.1, -0.05) is 0 Å². The molecule has 0 amide bonds. The number of nitrogens with one attached hydrogen (secondary N) is 1. The van der Waals surface area contributed by atoms with E-state index in [1.807, 2.05) is 32.0 Å². The third-order valence-corrected chi connectivity index (χ3v) is 6.83. The molecule has 2 bridgehead atoms. The number of hydrogen-bond acceptors (Lipinski definition) is 7. The number of allylic oxidation sites excluding steroid dienone is 1. The summed E-state index contributed by atoms with van der Waals surface area (Å²) in [5, 5.41) is 25.8. The zero-order chi connectivity index (χ0) is 25.9. The van der Waals surface area contributed by atoms with Crippen molar-refractivity contribution in [2.24, 2.45) is 5.41 Å². The Morgan fingerprint density at radius 2 is 1.81 bits per heavy atom. The van der Waals surface area contributed by atoms with Gasteiger partial charge in [-0.05, 0) is 74.9 Å². The molecule has 3 aromatic rings. The Morgan fingerprint density at radius 3 is 2.39 bits per heavy atom. The predicted octanol–water partition coefficient (Wildman–Crippen LogP) is 5.50. The summed E-state index contributed by atoms with van der Waals surface area (Å²) in [6, 6.07) is 7.98. The van der Waals surface area contributed by atoms with Crippen molar-refractivity contribution in [3.05, 3.63) is 40.6 Å². The van der Waals surface area contributed by atoms with Gasteiger partial charge in [0, 0.05) is 11.6 Å². The Bertz CT molecular complexity index is 1460. The highest BCUT2D eigenvalue weighted by molar-refractivity contribution is 5.85. The highest BCUT2D eigenvalue weighted by Crippen LogP contribution is 2.67. The number of nitriles is 2. The molecule has 2 heterocycles. The van der Waals surface area contributed by atoms with Crippen LogP contribution in [0, 0.1) is 48.8 Å². The molecule has 6 rings (SSSR count). The van der Waals surface area contributed by atoms with Gasteiger partial charge in [-0.25, -0.2) is 0 Å². The Balaban J connectivity index is 1.56. The van der Waals surface area contributed by atoms with Crippen molar-refractivity contribution in [3.8, 4) is 23.8 Å². The number of benzene rings is 1. The number of ether oxygens (including phenoxy) is 1. The molecular formula is C25H22F3N7O. The fraction of sp³-hybridized carbons (Fsp3) is 0.400. The molecule has 3 aliphatic rings. The number of alkyl halides is 3. The lowest BCUT2D eigenvalue weighted by atomic mass is 9.40. The second-order valence-electron chi connectivity index (χ2n) is 9.79. The van der Waals surface area contributed by atoms with Crippen LogP contribution in [-0.4, -0.2) is 31.5 Å². The maximum atomic E-state index is 13.2. The normalized spacial score (nSPS) is 22.6. The summed E-state index contributed by atoms with van der Waals surface area (Å²) < 4.78 is 46.6. The highest BCUT2D eigenvalue weighted by Gasteiger charge is 2.69. The molecule has 1 aromatic carbocycles. The summed E-state index contributed by atoms with van der Waals surface area (Å²) in [4.78, 5) is 8.94. The summed E-state index contributed by atoms with van der Waals surface area (Å²) in [7, 11) is 0. The van der Waals surface area contributed by atoms with Gasteiger partial charge in [0.15, 0.2) is 5.65 Å². The van der Waals surface area contributed by atoms with E-state index in [0.717, 1.165) is 21.4 Å². The molecule has 36 heavy (non-hydrogen) atoms. The van der Waals surface area contributed by atoms with Crippen LogP contribution in [0.3, 0.4) is 0 Å². The first-order chi connectivity index (χ1) is 17.0. The molecule has 0 unspecified atom stereocenters. The Kier molecular flexibility index (Phi) is 5.22. The van der Waals surface area contributed by atoms with Gasteiger partial charge in [0.05, 0.1) is 23.2 Å². The Morgan fingerprint density at radius 1 is 1.14 bits per heavy atom. The van der Waals surface area contributed by atoms with Crippen LogP contribution in [0.2, 0.25) is 0 Å². The topological polar surface area (TPSA) is 112 Å². The summed E-state index contributed by atoms with van der Waals surface area (Å²) in [6.07, 6.45) is 0.612. The summed E-state index contributed by atoms with van der Waals surface area (Å²) >= 11 is 0. The Hall–Kier alpha value is -4.12. The van der Waals surface area contributed by atoms with Crippen LogP contribution in [0.4, 0.5) is 19.1 Å². The van der Waals surface area contributed by atoms with E-state index in [1.54, 1.807) is 6.08 Å². The van der Waals surface area contributed by atoms with Crippen molar-refractivity contribution in [1.29, 1.82) is 10.5 Å². The number of fused-ring (bicyclic) bond motifs is 1. The van der Waals surface area contributed by atoms with Crippen LogP contribution in [0.15, 0.2) is 18.2 Å². The van der Waals surface area contributed by atoms with Crippen molar-refractivity contribution in [2.45, 2.75) is 58.3 Å². The lowest BCUT2D eigenvalue weighted by molar-refractivity contribution is -0.142. The average molecular weight is 493 g/mol. The minimum absolute atomic E-state index is 0.0923. The molecule has 0 saturated heterocycles. The van der Waals surface area contributed by atoms with E-state index in [1.165, 1.54) is 13.0 Å². The minimum Gasteiger partial charge on any atom is -0.437 e. The molecule has 3 aliphatic carbocycles. The van der Waals surface area contributed by atoms with E-state index in [0.29, 0.717) is 30.4 Å². The van der Waals surface area contributed by atoms with Gasteiger partial charge >= 0.3 is 6.18 Å². The third-order valence-electron chi connectivity index (χ3n) is 6.83.